The van der Waals surface area contributed by atoms with Crippen molar-refractivity contribution in [2.45, 2.75) is 38.5 Å². The van der Waals surface area contributed by atoms with Gasteiger partial charge in [-0.05, 0) is 20.8 Å². The van der Waals surface area contributed by atoms with Crippen LogP contribution in [0.4, 0.5) is 0 Å². The zero-order valence-corrected chi connectivity index (χ0v) is 13.1. The smallest absolute Gasteiger partial charge is 1.00 e. The fourth-order valence-electron chi connectivity index (χ4n) is 0.875. The van der Waals surface area contributed by atoms with E-state index in [4.69, 9.17) is 19.6 Å². The summed E-state index contributed by atoms with van der Waals surface area (Å²) in [6, 6.07) is 0. The molecule has 0 saturated carbocycles. The van der Waals surface area contributed by atoms with Crippen LogP contribution in [0.2, 0.25) is 0 Å². The molecule has 9 heteroatoms. The molecule has 7 nitrogen and oxygen atoms in total. The molecule has 0 aromatic heterocycles. The molecule has 0 saturated heterocycles. The van der Waals surface area contributed by atoms with Gasteiger partial charge in [0.2, 0.25) is 0 Å². The number of carboxylic acids is 1. The van der Waals surface area contributed by atoms with Crippen molar-refractivity contribution in [3.05, 3.63) is 0 Å². The Morgan fingerprint density at radius 3 is 2.00 bits per heavy atom. The molecule has 0 aliphatic carbocycles. The third kappa shape index (κ3) is 8.77. The first-order valence-electron chi connectivity index (χ1n) is 4.43. The van der Waals surface area contributed by atoms with Crippen LogP contribution in [0.1, 0.15) is 28.6 Å². The molecule has 0 aromatic rings. The second-order valence-corrected chi connectivity index (χ2v) is 6.04. The van der Waals surface area contributed by atoms with Gasteiger partial charge in [-0.3, -0.25) is 14.2 Å². The Balaban J connectivity index is -0.00000112. The number of carbonyl (C=O) groups is 2. The number of esters is 1. The summed E-state index contributed by atoms with van der Waals surface area (Å²) in [5.41, 5.74) is -2.88. The normalized spacial score (nSPS) is 13.5. The number of carbonyl (C=O) groups excluding carboxylic acids is 1. The van der Waals surface area contributed by atoms with Gasteiger partial charge in [0.1, 0.15) is 5.60 Å². The molecule has 0 fully saturated rings. The average Bonchev–Trinajstić information content (AvgIpc) is 1.93. The van der Waals surface area contributed by atoms with Gasteiger partial charge < -0.3 is 21.1 Å². The Labute approximate surface area is 122 Å². The second kappa shape index (κ2) is 6.87. The molecule has 96 valence electrons. The summed E-state index contributed by atoms with van der Waals surface area (Å²) in [6.07, 6.45) is -0.959. The summed E-state index contributed by atoms with van der Waals surface area (Å²) in [5, 5.41) is 8.44. The van der Waals surface area contributed by atoms with Gasteiger partial charge >= 0.3 is 49.1 Å². The predicted molar refractivity (Wildman–Crippen MR) is 55.0 cm³/mol. The van der Waals surface area contributed by atoms with E-state index in [1.165, 1.54) is 20.8 Å². The van der Waals surface area contributed by atoms with E-state index in [2.05, 4.69) is 0 Å². The zero-order chi connectivity index (χ0) is 13.1. The monoisotopic (exact) mass is 278 g/mol. The summed E-state index contributed by atoms with van der Waals surface area (Å²) in [5.74, 6) is -2.68. The van der Waals surface area contributed by atoms with Crippen LogP contribution in [0, 0.1) is 0 Å². The number of hydrogen-bond donors (Lipinski definition) is 3. The molecule has 17 heavy (non-hydrogen) atoms. The molecule has 0 aliphatic heterocycles. The maximum Gasteiger partial charge on any atom is 1.00 e. The molecule has 0 aliphatic rings. The van der Waals surface area contributed by atoms with E-state index in [9.17, 15) is 14.2 Å². The Kier molecular flexibility index (Phi) is 7.85. The molecular weight excluding hydrogens is 262 g/mol. The van der Waals surface area contributed by atoms with E-state index in [0.29, 0.717) is 0 Å². The third-order valence-electron chi connectivity index (χ3n) is 1.45. The molecule has 3 N–H and O–H groups in total. The first kappa shape index (κ1) is 19.4. The predicted octanol–water partition coefficient (Wildman–Crippen LogP) is -2.53. The third-order valence-corrected chi connectivity index (χ3v) is 2.66. The largest absolute Gasteiger partial charge is 1.00 e. The summed E-state index contributed by atoms with van der Waals surface area (Å²) in [7, 11) is -4.83. The van der Waals surface area contributed by atoms with E-state index in [1.807, 2.05) is 0 Å². The Bertz CT molecular complexity index is 335. The fraction of sp³-hybridized carbons (Fsp3) is 0.750. The van der Waals surface area contributed by atoms with Crippen LogP contribution in [0.5, 0.6) is 0 Å². The van der Waals surface area contributed by atoms with Crippen molar-refractivity contribution in [1.82, 2.24) is 0 Å². The first-order chi connectivity index (χ1) is 6.93. The topological polar surface area (TPSA) is 121 Å². The van der Waals surface area contributed by atoms with Crippen LogP contribution in [-0.4, -0.2) is 38.1 Å². The molecule has 0 spiro atoms. The van der Waals surface area contributed by atoms with Crippen molar-refractivity contribution in [3.63, 3.8) is 0 Å². The molecule has 0 amide bonds. The van der Waals surface area contributed by atoms with Crippen molar-refractivity contribution < 1.29 is 64.8 Å². The van der Waals surface area contributed by atoms with Crippen LogP contribution < -0.4 is 29.6 Å². The van der Waals surface area contributed by atoms with Crippen molar-refractivity contribution in [2.75, 3.05) is 0 Å². The van der Waals surface area contributed by atoms with Crippen molar-refractivity contribution >= 4 is 19.5 Å². The van der Waals surface area contributed by atoms with Crippen LogP contribution in [-0.2, 0) is 18.9 Å². The summed E-state index contributed by atoms with van der Waals surface area (Å²) in [6.45, 7) is 4.55. The number of ether oxygens (including phenoxy) is 1. The number of hydrogen-bond acceptors (Lipinski definition) is 4. The Morgan fingerprint density at radius 2 is 1.76 bits per heavy atom. The van der Waals surface area contributed by atoms with E-state index >= 15 is 0 Å². The van der Waals surface area contributed by atoms with E-state index in [-0.39, 0.29) is 31.0 Å². The molecular formula is C8H16NaO7P. The average molecular weight is 278 g/mol. The van der Waals surface area contributed by atoms with Gasteiger partial charge in [0.25, 0.3) is 0 Å². The zero-order valence-electron chi connectivity index (χ0n) is 11.2. The van der Waals surface area contributed by atoms with Crippen molar-refractivity contribution in [1.29, 1.82) is 0 Å². The minimum absolute atomic E-state index is 0. The van der Waals surface area contributed by atoms with Crippen LogP contribution in [0.3, 0.4) is 0 Å². The van der Waals surface area contributed by atoms with Crippen molar-refractivity contribution in [3.8, 4) is 0 Å². The minimum Gasteiger partial charge on any atom is -1.00 e. The molecule has 0 aromatic carbocycles. The van der Waals surface area contributed by atoms with Gasteiger partial charge in [-0.2, -0.15) is 0 Å². The maximum atomic E-state index is 11.4. The van der Waals surface area contributed by atoms with Crippen LogP contribution >= 0.6 is 7.60 Å². The van der Waals surface area contributed by atoms with E-state index in [1.54, 1.807) is 0 Å². The summed E-state index contributed by atoms with van der Waals surface area (Å²) < 4.78 is 15.7. The van der Waals surface area contributed by atoms with E-state index in [0.717, 1.165) is 0 Å². The van der Waals surface area contributed by atoms with Crippen LogP contribution in [0.15, 0.2) is 0 Å². The van der Waals surface area contributed by atoms with Gasteiger partial charge in [0.15, 0.2) is 5.66 Å². The van der Waals surface area contributed by atoms with Crippen LogP contribution in [0.25, 0.3) is 0 Å². The molecule has 0 heterocycles. The Hall–Kier alpha value is 0.0900. The van der Waals surface area contributed by atoms with Gasteiger partial charge in [-0.1, -0.05) is 0 Å². The van der Waals surface area contributed by atoms with Crippen molar-refractivity contribution in [2.24, 2.45) is 0 Å². The molecule has 0 radical (unpaired) electrons. The quantitative estimate of drug-likeness (QED) is 0.294. The fourth-order valence-corrected chi connectivity index (χ4v) is 1.60. The van der Waals surface area contributed by atoms with Gasteiger partial charge in [0.05, 0.1) is 6.42 Å². The van der Waals surface area contributed by atoms with Gasteiger partial charge in [0, 0.05) is 0 Å². The molecule has 1 atom stereocenters. The Morgan fingerprint density at radius 1 is 1.35 bits per heavy atom. The number of carboxylic acid groups (broad SMARTS) is 1. The second-order valence-electron chi connectivity index (χ2n) is 4.24. The van der Waals surface area contributed by atoms with Gasteiger partial charge in [-0.15, -0.1) is 0 Å². The number of rotatable bonds is 4. The molecule has 1 unspecified atom stereocenters. The first-order valence-corrected chi connectivity index (χ1v) is 6.11. The SMILES string of the molecule is CC(C)(C)OC(=O)C(CC(=O)O)P(=O)(O)O.[H-].[Na+]. The molecule has 0 rings (SSSR count). The van der Waals surface area contributed by atoms with E-state index < -0.39 is 37.2 Å². The minimum atomic E-state index is -4.83. The standard InChI is InChI=1S/C8H15O7P.Na.H/c1-8(2,3)15-7(11)5(4-6(9)10)16(12,13)14;;/h5H,4H2,1-3H3,(H,9,10)(H2,12,13,14);;/q;+1;-1. The van der Waals surface area contributed by atoms with Gasteiger partial charge in [-0.25, -0.2) is 0 Å². The molecule has 0 bridgehead atoms. The maximum absolute atomic E-state index is 11.4. The summed E-state index contributed by atoms with van der Waals surface area (Å²) in [4.78, 5) is 39.4. The number of aliphatic carboxylic acids is 1. The summed E-state index contributed by atoms with van der Waals surface area (Å²) >= 11 is 0.